The molecule has 3 heterocycles. The van der Waals surface area contributed by atoms with E-state index in [9.17, 15) is 14.9 Å². The zero-order chi connectivity index (χ0) is 24.9. The van der Waals surface area contributed by atoms with Crippen molar-refractivity contribution in [3.8, 4) is 17.6 Å². The summed E-state index contributed by atoms with van der Waals surface area (Å²) in [7, 11) is 1.48. The number of nitrogens with one attached hydrogen (secondary N) is 1. The van der Waals surface area contributed by atoms with Crippen LogP contribution < -0.4 is 20.3 Å². The third-order valence-electron chi connectivity index (χ3n) is 4.63. The van der Waals surface area contributed by atoms with Crippen LogP contribution >= 0.6 is 22.7 Å². The highest BCUT2D eigenvalue weighted by atomic mass is 32.1. The summed E-state index contributed by atoms with van der Waals surface area (Å²) >= 11 is 2.57. The first-order chi connectivity index (χ1) is 16.9. The summed E-state index contributed by atoms with van der Waals surface area (Å²) in [5.74, 6) is 0.215. The van der Waals surface area contributed by atoms with E-state index >= 15 is 0 Å². The Labute approximate surface area is 207 Å². The molecule has 35 heavy (non-hydrogen) atoms. The molecule has 0 spiro atoms. The molecule has 0 fully saturated rings. The molecule has 0 saturated carbocycles. The molecule has 1 aromatic carbocycles. The molecule has 178 valence electrons. The van der Waals surface area contributed by atoms with Crippen molar-refractivity contribution in [2.45, 2.75) is 26.9 Å². The van der Waals surface area contributed by atoms with Gasteiger partial charge in [-0.3, -0.25) is 14.9 Å². The molecule has 0 aliphatic heterocycles. The Balaban J connectivity index is 1.50. The number of anilines is 1. The highest BCUT2D eigenvalue weighted by Gasteiger charge is 2.14. The van der Waals surface area contributed by atoms with E-state index in [2.05, 4.69) is 25.6 Å². The first-order valence-electron chi connectivity index (χ1n) is 10.3. The monoisotopic (exact) mass is 509 g/mol. The second-order valence-corrected chi connectivity index (χ2v) is 9.30. The van der Waals surface area contributed by atoms with Gasteiger partial charge in [-0.05, 0) is 37.1 Å². The summed E-state index contributed by atoms with van der Waals surface area (Å²) in [4.78, 5) is 29.6. The number of methoxy groups -OCH3 is 1. The number of hydrogen-bond donors (Lipinski definition) is 1. The van der Waals surface area contributed by atoms with Crippen molar-refractivity contribution in [3.05, 3.63) is 61.5 Å². The highest BCUT2D eigenvalue weighted by molar-refractivity contribution is 7.16. The molecule has 1 amide bonds. The number of aryl methyl sites for hydroxylation is 2. The third kappa shape index (κ3) is 5.51. The molecule has 0 bridgehead atoms. The standard InChI is InChI=1S/C22H19N7O4S2/c1-4-18-26-27-21(35-18)25-20(31)14(10-23)7-13-5-6-16(17(8-13)32-3)33-11-15-9-19(30)29-22(24-15)34-12(2)28-29/h5-9H,4,11H2,1-3H3,(H,25,27,31). The third-order valence-corrected chi connectivity index (χ3v) is 6.44. The summed E-state index contributed by atoms with van der Waals surface area (Å²) in [5.41, 5.74) is 0.625. The maximum Gasteiger partial charge on any atom is 0.275 e. The quantitative estimate of drug-likeness (QED) is 0.280. The second-order valence-electron chi connectivity index (χ2n) is 7.08. The van der Waals surface area contributed by atoms with Gasteiger partial charge in [0, 0.05) is 6.07 Å². The first kappa shape index (κ1) is 24.0. The van der Waals surface area contributed by atoms with Crippen molar-refractivity contribution in [1.29, 1.82) is 5.26 Å². The number of carbonyl (C=O) groups excluding carboxylic acids is 1. The topological polar surface area (TPSA) is 144 Å². The fourth-order valence-electron chi connectivity index (χ4n) is 3.00. The number of carbonyl (C=O) groups is 1. The molecule has 0 atom stereocenters. The predicted octanol–water partition coefficient (Wildman–Crippen LogP) is 3.01. The van der Waals surface area contributed by atoms with Gasteiger partial charge in [0.15, 0.2) is 11.5 Å². The number of amides is 1. The van der Waals surface area contributed by atoms with Gasteiger partial charge in [0.25, 0.3) is 11.5 Å². The largest absolute Gasteiger partial charge is 0.493 e. The van der Waals surface area contributed by atoms with Crippen molar-refractivity contribution in [1.82, 2.24) is 24.8 Å². The second kappa shape index (κ2) is 10.4. The van der Waals surface area contributed by atoms with Crippen LogP contribution in [0.15, 0.2) is 34.6 Å². The molecule has 0 radical (unpaired) electrons. The minimum absolute atomic E-state index is 0.0433. The van der Waals surface area contributed by atoms with E-state index in [-0.39, 0.29) is 17.7 Å². The molecule has 0 aliphatic rings. The first-order valence-corrected chi connectivity index (χ1v) is 12.0. The van der Waals surface area contributed by atoms with Crippen LogP contribution in [0.5, 0.6) is 11.5 Å². The number of aromatic nitrogens is 5. The summed E-state index contributed by atoms with van der Waals surface area (Å²) in [6.07, 6.45) is 2.14. The van der Waals surface area contributed by atoms with E-state index in [4.69, 9.17) is 9.47 Å². The number of fused-ring (bicyclic) bond motifs is 1. The van der Waals surface area contributed by atoms with E-state index in [1.54, 1.807) is 25.1 Å². The van der Waals surface area contributed by atoms with Gasteiger partial charge in [-0.2, -0.15) is 14.9 Å². The Bertz CT molecular complexity index is 1530. The van der Waals surface area contributed by atoms with Crippen LogP contribution in [0.1, 0.15) is 28.2 Å². The van der Waals surface area contributed by atoms with E-state index in [0.717, 1.165) is 10.0 Å². The van der Waals surface area contributed by atoms with Gasteiger partial charge in [0.05, 0.1) is 12.8 Å². The zero-order valence-corrected chi connectivity index (χ0v) is 20.6. The molecule has 3 aromatic heterocycles. The predicted molar refractivity (Wildman–Crippen MR) is 131 cm³/mol. The van der Waals surface area contributed by atoms with Gasteiger partial charge < -0.3 is 9.47 Å². The Morgan fingerprint density at radius 2 is 2.09 bits per heavy atom. The smallest absolute Gasteiger partial charge is 0.275 e. The highest BCUT2D eigenvalue weighted by Crippen LogP contribution is 2.30. The fourth-order valence-corrected chi connectivity index (χ4v) is 4.44. The van der Waals surface area contributed by atoms with Crippen molar-refractivity contribution < 1.29 is 14.3 Å². The SMILES string of the molecule is CCc1nnc(NC(=O)C(C#N)=Cc2ccc(OCc3cc(=O)n4nc(C)sc4n3)c(OC)c2)s1. The van der Waals surface area contributed by atoms with Crippen molar-refractivity contribution >= 4 is 44.7 Å². The Kier molecular flexibility index (Phi) is 7.14. The van der Waals surface area contributed by atoms with Crippen LogP contribution in [0, 0.1) is 18.3 Å². The number of rotatable bonds is 8. The van der Waals surface area contributed by atoms with Gasteiger partial charge in [0.2, 0.25) is 10.1 Å². The lowest BCUT2D eigenvalue weighted by atomic mass is 10.1. The van der Waals surface area contributed by atoms with Gasteiger partial charge in [-0.15, -0.1) is 10.2 Å². The van der Waals surface area contributed by atoms with Crippen LogP contribution in [0.4, 0.5) is 5.13 Å². The van der Waals surface area contributed by atoms with E-state index in [1.807, 2.05) is 13.0 Å². The molecule has 0 saturated heterocycles. The van der Waals surface area contributed by atoms with Gasteiger partial charge in [-0.25, -0.2) is 4.98 Å². The summed E-state index contributed by atoms with van der Waals surface area (Å²) < 4.78 is 12.5. The summed E-state index contributed by atoms with van der Waals surface area (Å²) in [5, 5.41) is 25.9. The molecular weight excluding hydrogens is 490 g/mol. The van der Waals surface area contributed by atoms with E-state index in [0.29, 0.717) is 39.3 Å². The lowest BCUT2D eigenvalue weighted by Gasteiger charge is -2.11. The van der Waals surface area contributed by atoms with Crippen LogP contribution in [0.2, 0.25) is 0 Å². The fraction of sp³-hybridized carbons (Fsp3) is 0.227. The summed E-state index contributed by atoms with van der Waals surface area (Å²) in [6, 6.07) is 8.24. The normalized spacial score (nSPS) is 11.3. The van der Waals surface area contributed by atoms with Crippen molar-refractivity contribution in [2.75, 3.05) is 12.4 Å². The molecule has 11 nitrogen and oxygen atoms in total. The maximum absolute atomic E-state index is 12.5. The zero-order valence-electron chi connectivity index (χ0n) is 18.9. The number of benzene rings is 1. The number of ether oxygens (including phenoxy) is 2. The number of nitriles is 1. The van der Waals surface area contributed by atoms with Crippen LogP contribution in [-0.2, 0) is 17.8 Å². The molecule has 0 aliphatic carbocycles. The average molecular weight is 510 g/mol. The molecule has 4 aromatic rings. The molecular formula is C22H19N7O4S2. The van der Waals surface area contributed by atoms with Crippen molar-refractivity contribution in [2.24, 2.45) is 0 Å². The van der Waals surface area contributed by atoms with Crippen LogP contribution in [0.3, 0.4) is 0 Å². The van der Waals surface area contributed by atoms with Gasteiger partial charge in [-0.1, -0.05) is 35.7 Å². The maximum atomic E-state index is 12.5. The molecule has 1 N–H and O–H groups in total. The molecule has 4 rings (SSSR count). The van der Waals surface area contributed by atoms with E-state index in [1.165, 1.54) is 46.4 Å². The Morgan fingerprint density at radius 3 is 2.80 bits per heavy atom. The minimum atomic E-state index is -0.586. The molecule has 0 unspecified atom stereocenters. The van der Waals surface area contributed by atoms with E-state index < -0.39 is 5.91 Å². The number of hydrogen-bond acceptors (Lipinski definition) is 11. The summed E-state index contributed by atoms with van der Waals surface area (Å²) in [6.45, 7) is 3.78. The van der Waals surface area contributed by atoms with Crippen LogP contribution in [0.25, 0.3) is 11.0 Å². The lowest BCUT2D eigenvalue weighted by Crippen LogP contribution is -2.16. The Morgan fingerprint density at radius 1 is 1.26 bits per heavy atom. The number of nitrogens with zero attached hydrogens (tertiary/aromatic N) is 6. The minimum Gasteiger partial charge on any atom is -0.493 e. The van der Waals surface area contributed by atoms with Crippen LogP contribution in [-0.4, -0.2) is 37.8 Å². The lowest BCUT2D eigenvalue weighted by molar-refractivity contribution is -0.112. The van der Waals surface area contributed by atoms with Gasteiger partial charge in [0.1, 0.15) is 28.3 Å². The molecule has 13 heteroatoms. The Hall–Kier alpha value is -4.15. The van der Waals surface area contributed by atoms with Crippen molar-refractivity contribution in [3.63, 3.8) is 0 Å². The average Bonchev–Trinajstić information content (AvgIpc) is 3.47. The van der Waals surface area contributed by atoms with Gasteiger partial charge >= 0.3 is 0 Å².